The summed E-state index contributed by atoms with van der Waals surface area (Å²) < 4.78 is 24.0. The zero-order valence-corrected chi connectivity index (χ0v) is 16.6. The van der Waals surface area contributed by atoms with Gasteiger partial charge in [-0.25, -0.2) is 14.4 Å². The molecule has 7 nitrogen and oxygen atoms in total. The Morgan fingerprint density at radius 3 is 2.83 bits per heavy atom. The summed E-state index contributed by atoms with van der Waals surface area (Å²) in [5.41, 5.74) is 1.69. The zero-order chi connectivity index (χ0) is 20.1. The molecule has 9 heteroatoms. The second-order valence-corrected chi connectivity index (χ2v) is 7.56. The Balaban J connectivity index is 1.25. The van der Waals surface area contributed by atoms with Gasteiger partial charge in [0.1, 0.15) is 5.82 Å². The molecule has 1 N–H and O–H groups in total. The second kappa shape index (κ2) is 9.25. The van der Waals surface area contributed by atoms with E-state index in [1.165, 1.54) is 23.5 Å². The number of aromatic nitrogens is 2. The molecule has 1 aromatic carbocycles. The molecule has 1 aliphatic heterocycles. The second-order valence-electron chi connectivity index (χ2n) is 6.71. The van der Waals surface area contributed by atoms with Crippen LogP contribution in [-0.4, -0.2) is 47.1 Å². The molecule has 0 saturated carbocycles. The van der Waals surface area contributed by atoms with Crippen molar-refractivity contribution in [2.24, 2.45) is 0 Å². The van der Waals surface area contributed by atoms with E-state index in [9.17, 15) is 9.18 Å². The normalized spacial score (nSPS) is 14.8. The maximum Gasteiger partial charge on any atom is 0.226 e. The van der Waals surface area contributed by atoms with Gasteiger partial charge < -0.3 is 14.5 Å². The van der Waals surface area contributed by atoms with Crippen molar-refractivity contribution in [1.29, 1.82) is 0 Å². The average molecular weight is 416 g/mol. The number of aryl methyl sites for hydroxylation is 1. The fourth-order valence-electron chi connectivity index (χ4n) is 3.00. The third-order valence-corrected chi connectivity index (χ3v) is 5.34. The number of ether oxygens (including phenoxy) is 1. The van der Waals surface area contributed by atoms with Gasteiger partial charge in [-0.05, 0) is 24.3 Å². The minimum Gasteiger partial charge on any atom is -0.441 e. The van der Waals surface area contributed by atoms with E-state index in [1.54, 1.807) is 18.3 Å². The van der Waals surface area contributed by atoms with Crippen LogP contribution >= 0.6 is 11.3 Å². The monoisotopic (exact) mass is 416 g/mol. The van der Waals surface area contributed by atoms with Crippen molar-refractivity contribution in [3.8, 4) is 11.3 Å². The molecule has 3 heterocycles. The average Bonchev–Trinajstić information content (AvgIpc) is 3.37. The lowest BCUT2D eigenvalue weighted by molar-refractivity contribution is -0.116. The highest BCUT2D eigenvalue weighted by Crippen LogP contribution is 2.22. The van der Waals surface area contributed by atoms with Gasteiger partial charge in [0.2, 0.25) is 5.91 Å². The van der Waals surface area contributed by atoms with Crippen LogP contribution in [0.2, 0.25) is 0 Å². The van der Waals surface area contributed by atoms with Crippen LogP contribution in [0.3, 0.4) is 0 Å². The van der Waals surface area contributed by atoms with Crippen LogP contribution in [0.5, 0.6) is 0 Å². The quantitative estimate of drug-likeness (QED) is 0.636. The molecule has 0 bridgehead atoms. The molecule has 152 valence electrons. The van der Waals surface area contributed by atoms with Crippen LogP contribution < -0.4 is 5.32 Å². The number of rotatable bonds is 7. The maximum absolute atomic E-state index is 13.0. The molecule has 1 fully saturated rings. The molecular weight excluding hydrogens is 395 g/mol. The first-order valence-electron chi connectivity index (χ1n) is 9.41. The van der Waals surface area contributed by atoms with Crippen molar-refractivity contribution >= 4 is 22.4 Å². The Morgan fingerprint density at radius 1 is 1.24 bits per heavy atom. The molecule has 0 aliphatic carbocycles. The Bertz CT molecular complexity index is 951. The molecule has 3 aromatic rings. The number of anilines is 1. The predicted octanol–water partition coefficient (Wildman–Crippen LogP) is 3.34. The first-order valence-corrected chi connectivity index (χ1v) is 10.3. The molecule has 29 heavy (non-hydrogen) atoms. The van der Waals surface area contributed by atoms with Gasteiger partial charge in [0.05, 0.1) is 25.1 Å². The Kier molecular flexibility index (Phi) is 6.28. The first kappa shape index (κ1) is 19.7. The van der Waals surface area contributed by atoms with Crippen LogP contribution in [0.25, 0.3) is 11.3 Å². The molecule has 0 atom stereocenters. The van der Waals surface area contributed by atoms with Gasteiger partial charge in [-0.15, -0.1) is 11.3 Å². The Morgan fingerprint density at radius 2 is 2.03 bits per heavy atom. The fraction of sp³-hybridized carbons (Fsp3) is 0.350. The fourth-order valence-corrected chi connectivity index (χ4v) is 3.72. The van der Waals surface area contributed by atoms with Crippen molar-refractivity contribution in [2.45, 2.75) is 19.4 Å². The van der Waals surface area contributed by atoms with Crippen molar-refractivity contribution in [3.63, 3.8) is 0 Å². The molecule has 1 amide bonds. The van der Waals surface area contributed by atoms with E-state index in [-0.39, 0.29) is 18.1 Å². The van der Waals surface area contributed by atoms with Crippen LogP contribution in [0.15, 0.2) is 40.3 Å². The summed E-state index contributed by atoms with van der Waals surface area (Å²) in [6.07, 6.45) is 2.19. The SMILES string of the molecule is O=C(CCc1ncc(-c2ccc(F)cc2)o1)Nc1nc(CN2CCOCC2)cs1. The first-order chi connectivity index (χ1) is 14.2. The van der Waals surface area contributed by atoms with Gasteiger partial charge in [0, 0.05) is 43.4 Å². The Hall–Kier alpha value is -2.62. The molecule has 1 aliphatic rings. The summed E-state index contributed by atoms with van der Waals surface area (Å²) in [7, 11) is 0. The lowest BCUT2D eigenvalue weighted by atomic mass is 10.2. The minimum absolute atomic E-state index is 0.140. The number of halogens is 1. The molecule has 1 saturated heterocycles. The topological polar surface area (TPSA) is 80.5 Å². The number of carbonyl (C=O) groups excluding carboxylic acids is 1. The highest BCUT2D eigenvalue weighted by Gasteiger charge is 2.14. The number of hydrogen-bond donors (Lipinski definition) is 1. The zero-order valence-electron chi connectivity index (χ0n) is 15.8. The third kappa shape index (κ3) is 5.47. The van der Waals surface area contributed by atoms with Gasteiger partial charge >= 0.3 is 0 Å². The van der Waals surface area contributed by atoms with Crippen molar-refractivity contribution in [1.82, 2.24) is 14.9 Å². The van der Waals surface area contributed by atoms with E-state index in [0.717, 1.165) is 44.1 Å². The highest BCUT2D eigenvalue weighted by molar-refractivity contribution is 7.13. The van der Waals surface area contributed by atoms with Crippen LogP contribution in [-0.2, 0) is 22.5 Å². The van der Waals surface area contributed by atoms with Crippen LogP contribution in [0.1, 0.15) is 18.0 Å². The number of morpholine rings is 1. The lowest BCUT2D eigenvalue weighted by Gasteiger charge is -2.25. The standard InChI is InChI=1S/C20H21FN4O3S/c21-15-3-1-14(2-4-15)17-11-22-19(28-17)6-5-18(26)24-20-23-16(13-29-20)12-25-7-9-27-10-8-25/h1-4,11,13H,5-10,12H2,(H,23,24,26). The van der Waals surface area contributed by atoms with E-state index in [2.05, 4.69) is 20.2 Å². The summed E-state index contributed by atoms with van der Waals surface area (Å²) in [6, 6.07) is 5.99. The summed E-state index contributed by atoms with van der Waals surface area (Å²) in [4.78, 5) is 23.2. The molecule has 0 unspecified atom stereocenters. The van der Waals surface area contributed by atoms with E-state index in [0.29, 0.717) is 23.2 Å². The largest absolute Gasteiger partial charge is 0.441 e. The number of thiazole rings is 1. The molecule has 4 rings (SSSR count). The smallest absolute Gasteiger partial charge is 0.226 e. The number of nitrogens with zero attached hydrogens (tertiary/aromatic N) is 3. The molecular formula is C20H21FN4O3S. The van der Waals surface area contributed by atoms with Gasteiger partial charge in [0.15, 0.2) is 16.8 Å². The number of benzene rings is 1. The van der Waals surface area contributed by atoms with Gasteiger partial charge in [0.25, 0.3) is 0 Å². The third-order valence-electron chi connectivity index (χ3n) is 4.54. The highest BCUT2D eigenvalue weighted by atomic mass is 32.1. The van der Waals surface area contributed by atoms with E-state index < -0.39 is 0 Å². The maximum atomic E-state index is 13.0. The van der Waals surface area contributed by atoms with E-state index >= 15 is 0 Å². The summed E-state index contributed by atoms with van der Waals surface area (Å²) in [6.45, 7) is 4.05. The molecule has 0 radical (unpaired) electrons. The van der Waals surface area contributed by atoms with Gasteiger partial charge in [-0.1, -0.05) is 0 Å². The van der Waals surface area contributed by atoms with Crippen molar-refractivity contribution < 1.29 is 18.3 Å². The number of carbonyl (C=O) groups is 1. The Labute approximate surface area is 171 Å². The molecule has 2 aromatic heterocycles. The number of oxazole rings is 1. The van der Waals surface area contributed by atoms with Crippen molar-refractivity contribution in [3.05, 3.63) is 53.2 Å². The van der Waals surface area contributed by atoms with E-state index in [4.69, 9.17) is 9.15 Å². The van der Waals surface area contributed by atoms with Gasteiger partial charge in [-0.2, -0.15) is 0 Å². The molecule has 0 spiro atoms. The predicted molar refractivity (Wildman–Crippen MR) is 107 cm³/mol. The summed E-state index contributed by atoms with van der Waals surface area (Å²) >= 11 is 1.42. The van der Waals surface area contributed by atoms with Gasteiger partial charge in [-0.3, -0.25) is 9.69 Å². The number of nitrogens with one attached hydrogen (secondary N) is 1. The summed E-state index contributed by atoms with van der Waals surface area (Å²) in [5, 5.41) is 5.39. The van der Waals surface area contributed by atoms with Crippen molar-refractivity contribution in [2.75, 3.05) is 31.6 Å². The summed E-state index contributed by atoms with van der Waals surface area (Å²) in [5.74, 6) is 0.568. The van der Waals surface area contributed by atoms with E-state index in [1.807, 2.05) is 5.38 Å². The van der Waals surface area contributed by atoms with Crippen LogP contribution in [0, 0.1) is 5.82 Å². The minimum atomic E-state index is -0.305. The number of hydrogen-bond acceptors (Lipinski definition) is 7. The lowest BCUT2D eigenvalue weighted by Crippen LogP contribution is -2.35. The number of amides is 1. The van der Waals surface area contributed by atoms with Crippen LogP contribution in [0.4, 0.5) is 9.52 Å².